The maximum absolute atomic E-state index is 12.8. The van der Waals surface area contributed by atoms with Gasteiger partial charge < -0.3 is 14.8 Å². The Hall–Kier alpha value is -2.96. The van der Waals surface area contributed by atoms with Gasteiger partial charge in [0.2, 0.25) is 0 Å². The highest BCUT2D eigenvalue weighted by Gasteiger charge is 2.24. The molecule has 1 aliphatic carbocycles. The largest absolute Gasteiger partial charge is 0.321 e. The molecule has 4 heterocycles. The Morgan fingerprint density at radius 3 is 2.68 bits per heavy atom. The lowest BCUT2D eigenvalue weighted by Crippen LogP contribution is -2.39. The molecular weight excluding hydrogens is 446 g/mol. The lowest BCUT2D eigenvalue weighted by atomic mass is 9.90. The molecule has 1 N–H and O–H groups in total. The van der Waals surface area contributed by atoms with Crippen LogP contribution in [0.3, 0.4) is 0 Å². The van der Waals surface area contributed by atoms with Crippen molar-refractivity contribution < 1.29 is 4.79 Å². The predicted molar refractivity (Wildman–Crippen MR) is 137 cm³/mol. The molecule has 176 valence electrons. The second-order valence-electron chi connectivity index (χ2n) is 9.24. The van der Waals surface area contributed by atoms with E-state index in [1.807, 2.05) is 18.3 Å². The highest BCUT2D eigenvalue weighted by molar-refractivity contribution is 6.30. The van der Waals surface area contributed by atoms with Crippen molar-refractivity contribution in [3.8, 4) is 5.82 Å². The van der Waals surface area contributed by atoms with Crippen molar-refractivity contribution in [3.63, 3.8) is 0 Å². The fraction of sp³-hybridized carbons (Fsp3) is 0.370. The molecule has 0 saturated carbocycles. The molecule has 5 rings (SSSR count). The Balaban J connectivity index is 1.23. The van der Waals surface area contributed by atoms with E-state index in [1.54, 1.807) is 35.3 Å². The minimum absolute atomic E-state index is 0.178. The first-order valence-electron chi connectivity index (χ1n) is 12.1. The van der Waals surface area contributed by atoms with Crippen LogP contribution >= 0.6 is 11.6 Å². The highest BCUT2D eigenvalue weighted by atomic mass is 35.5. The Morgan fingerprint density at radius 1 is 1.12 bits per heavy atom. The smallest absolute Gasteiger partial charge is 0.257 e. The molecule has 1 saturated heterocycles. The summed E-state index contributed by atoms with van der Waals surface area (Å²) in [7, 11) is 0. The number of halogens is 1. The van der Waals surface area contributed by atoms with Crippen LogP contribution in [0.15, 0.2) is 55.1 Å². The predicted octanol–water partition coefficient (Wildman–Crippen LogP) is 5.90. The number of amides is 1. The van der Waals surface area contributed by atoms with Crippen LogP contribution in [0.1, 0.15) is 60.1 Å². The van der Waals surface area contributed by atoms with Crippen LogP contribution in [0, 0.1) is 6.92 Å². The fourth-order valence-electron chi connectivity index (χ4n) is 5.03. The SMILES string of the molecule is Cc1cc(NC(=O)c2ccn(-c3ccc(Cl)cn3)c2)cnc1C1=CCC(N2CCCCC2)CC1. The zero-order valence-electron chi connectivity index (χ0n) is 19.5. The number of allylic oxidation sites excluding steroid dienone is 1. The van der Waals surface area contributed by atoms with Gasteiger partial charge in [0, 0.05) is 24.6 Å². The zero-order valence-corrected chi connectivity index (χ0v) is 20.3. The molecule has 1 fully saturated rings. The summed E-state index contributed by atoms with van der Waals surface area (Å²) < 4.78 is 1.80. The summed E-state index contributed by atoms with van der Waals surface area (Å²) in [6.45, 7) is 4.57. The molecule has 2 aliphatic rings. The van der Waals surface area contributed by atoms with Gasteiger partial charge in [0.05, 0.1) is 28.2 Å². The minimum Gasteiger partial charge on any atom is -0.321 e. The summed E-state index contributed by atoms with van der Waals surface area (Å²) in [6.07, 6.45) is 16.7. The van der Waals surface area contributed by atoms with Gasteiger partial charge in [-0.1, -0.05) is 24.1 Å². The first-order chi connectivity index (χ1) is 16.6. The molecule has 7 heteroatoms. The number of nitrogens with one attached hydrogen (secondary N) is 1. The van der Waals surface area contributed by atoms with Gasteiger partial charge in [0.15, 0.2) is 0 Å². The van der Waals surface area contributed by atoms with Gasteiger partial charge >= 0.3 is 0 Å². The number of aromatic nitrogens is 3. The van der Waals surface area contributed by atoms with Crippen molar-refractivity contribution in [2.24, 2.45) is 0 Å². The van der Waals surface area contributed by atoms with Crippen LogP contribution in [-0.4, -0.2) is 44.5 Å². The van der Waals surface area contributed by atoms with Gasteiger partial charge in [-0.2, -0.15) is 0 Å². The van der Waals surface area contributed by atoms with Gasteiger partial charge in [-0.25, -0.2) is 4.98 Å². The second-order valence-corrected chi connectivity index (χ2v) is 9.68. The number of rotatable bonds is 5. The molecule has 0 bridgehead atoms. The molecule has 1 aliphatic heterocycles. The number of carbonyl (C=O) groups excluding carboxylic acids is 1. The van der Waals surface area contributed by atoms with E-state index in [9.17, 15) is 4.79 Å². The molecule has 6 nitrogen and oxygen atoms in total. The number of carbonyl (C=O) groups is 1. The maximum Gasteiger partial charge on any atom is 0.257 e. The Kier molecular flexibility index (Phi) is 6.79. The molecule has 0 aromatic carbocycles. The number of aryl methyl sites for hydroxylation is 1. The number of piperidine rings is 1. The summed E-state index contributed by atoms with van der Waals surface area (Å²) in [5, 5.41) is 3.55. The van der Waals surface area contributed by atoms with Crippen LogP contribution < -0.4 is 5.32 Å². The van der Waals surface area contributed by atoms with Gasteiger partial charge in [-0.15, -0.1) is 0 Å². The van der Waals surface area contributed by atoms with E-state index in [2.05, 4.69) is 28.2 Å². The number of anilines is 1. The molecular formula is C27H30ClN5O. The normalized spacial score (nSPS) is 19.0. The Morgan fingerprint density at radius 2 is 1.97 bits per heavy atom. The van der Waals surface area contributed by atoms with Crippen LogP contribution in [-0.2, 0) is 0 Å². The van der Waals surface area contributed by atoms with E-state index in [4.69, 9.17) is 16.6 Å². The number of hydrogen-bond acceptors (Lipinski definition) is 4. The number of pyridine rings is 2. The quantitative estimate of drug-likeness (QED) is 0.498. The van der Waals surface area contributed by atoms with Crippen LogP contribution in [0.5, 0.6) is 0 Å². The van der Waals surface area contributed by atoms with Crippen molar-refractivity contribution in [1.29, 1.82) is 0 Å². The van der Waals surface area contributed by atoms with Gasteiger partial charge in [0.1, 0.15) is 5.82 Å². The number of likely N-dealkylation sites (tertiary alicyclic amines) is 1. The van der Waals surface area contributed by atoms with Crippen molar-refractivity contribution in [3.05, 3.63) is 77.0 Å². The zero-order chi connectivity index (χ0) is 23.5. The van der Waals surface area contributed by atoms with Gasteiger partial charge in [-0.3, -0.25) is 9.78 Å². The molecule has 0 spiro atoms. The third kappa shape index (κ3) is 5.08. The molecule has 1 atom stereocenters. The third-order valence-electron chi connectivity index (χ3n) is 6.86. The van der Waals surface area contributed by atoms with E-state index in [0.717, 1.165) is 24.1 Å². The van der Waals surface area contributed by atoms with Crippen molar-refractivity contribution >= 4 is 28.8 Å². The average Bonchev–Trinajstić information content (AvgIpc) is 3.36. The molecule has 3 aromatic heterocycles. The Bertz CT molecular complexity index is 1190. The van der Waals surface area contributed by atoms with E-state index in [1.165, 1.54) is 44.3 Å². The summed E-state index contributed by atoms with van der Waals surface area (Å²) in [5.74, 6) is 0.525. The first-order valence-corrected chi connectivity index (χ1v) is 12.5. The van der Waals surface area contributed by atoms with Gasteiger partial charge in [-0.05, 0) is 87.5 Å². The molecule has 1 amide bonds. The molecule has 34 heavy (non-hydrogen) atoms. The molecule has 0 radical (unpaired) electrons. The summed E-state index contributed by atoms with van der Waals surface area (Å²) in [4.78, 5) is 24.5. The van der Waals surface area contributed by atoms with Crippen LogP contribution in [0.4, 0.5) is 5.69 Å². The number of hydrogen-bond donors (Lipinski definition) is 1. The lowest BCUT2D eigenvalue weighted by Gasteiger charge is -2.36. The molecule has 3 aromatic rings. The number of nitrogens with zero attached hydrogens (tertiary/aromatic N) is 4. The summed E-state index contributed by atoms with van der Waals surface area (Å²) in [6, 6.07) is 8.04. The lowest BCUT2D eigenvalue weighted by molar-refractivity contribution is 0.102. The second kappa shape index (κ2) is 10.1. The summed E-state index contributed by atoms with van der Waals surface area (Å²) >= 11 is 5.91. The van der Waals surface area contributed by atoms with Crippen molar-refractivity contribution in [1.82, 2.24) is 19.4 Å². The van der Waals surface area contributed by atoms with E-state index in [0.29, 0.717) is 28.1 Å². The van der Waals surface area contributed by atoms with Crippen LogP contribution in [0.2, 0.25) is 5.02 Å². The first kappa shape index (κ1) is 22.8. The van der Waals surface area contributed by atoms with E-state index < -0.39 is 0 Å². The standard InChI is InChI=1S/C27H30ClN5O/c1-19-15-23(31-27(34)21-11-14-33(18-21)25-10-7-22(28)16-29-25)17-30-26(19)20-5-8-24(9-6-20)32-12-3-2-4-13-32/h5,7,10-11,14-18,24H,2-4,6,8-9,12-13H2,1H3,(H,31,34). The maximum atomic E-state index is 12.8. The molecule has 1 unspecified atom stereocenters. The average molecular weight is 476 g/mol. The summed E-state index contributed by atoms with van der Waals surface area (Å²) in [5.41, 5.74) is 4.72. The fourth-order valence-corrected chi connectivity index (χ4v) is 5.14. The van der Waals surface area contributed by atoms with Crippen molar-refractivity contribution in [2.45, 2.75) is 51.5 Å². The van der Waals surface area contributed by atoms with Gasteiger partial charge in [0.25, 0.3) is 5.91 Å². The minimum atomic E-state index is -0.178. The highest BCUT2D eigenvalue weighted by Crippen LogP contribution is 2.31. The van der Waals surface area contributed by atoms with Crippen LogP contribution in [0.25, 0.3) is 11.4 Å². The Labute approximate surface area is 205 Å². The monoisotopic (exact) mass is 475 g/mol. The third-order valence-corrected chi connectivity index (χ3v) is 7.09. The van der Waals surface area contributed by atoms with Crippen molar-refractivity contribution in [2.75, 3.05) is 18.4 Å². The van der Waals surface area contributed by atoms with E-state index >= 15 is 0 Å². The topological polar surface area (TPSA) is 63.1 Å². The van der Waals surface area contributed by atoms with E-state index in [-0.39, 0.29) is 5.91 Å².